The molecule has 1 aliphatic rings. The minimum absolute atomic E-state index is 0.0790. The summed E-state index contributed by atoms with van der Waals surface area (Å²) in [5.74, 6) is 0.494. The van der Waals surface area contributed by atoms with Crippen molar-refractivity contribution >= 4 is 6.29 Å². The fraction of sp³-hybridized carbons (Fsp3) is 0.917. The van der Waals surface area contributed by atoms with Gasteiger partial charge in [0.1, 0.15) is 6.29 Å². The van der Waals surface area contributed by atoms with Gasteiger partial charge in [-0.3, -0.25) is 0 Å². The van der Waals surface area contributed by atoms with Gasteiger partial charge in [-0.25, -0.2) is 0 Å². The summed E-state index contributed by atoms with van der Waals surface area (Å²) in [6, 6.07) is 0. The Morgan fingerprint density at radius 1 is 1.43 bits per heavy atom. The first-order chi connectivity index (χ1) is 6.54. The van der Waals surface area contributed by atoms with Crippen LogP contribution in [0.1, 0.15) is 46.5 Å². The number of aliphatic hydroxyl groups is 1. The van der Waals surface area contributed by atoms with Crippen LogP contribution in [0.25, 0.3) is 0 Å². The molecule has 0 amide bonds. The van der Waals surface area contributed by atoms with Crippen LogP contribution in [0.4, 0.5) is 0 Å². The lowest BCUT2D eigenvalue weighted by atomic mass is 9.60. The highest BCUT2D eigenvalue weighted by Gasteiger charge is 2.44. The van der Waals surface area contributed by atoms with Gasteiger partial charge in [0, 0.05) is 5.41 Å². The number of hydrogen-bond acceptors (Lipinski definition) is 2. The second-order valence-electron chi connectivity index (χ2n) is 4.91. The topological polar surface area (TPSA) is 37.3 Å². The number of aldehydes is 1. The van der Waals surface area contributed by atoms with E-state index >= 15 is 0 Å². The molecule has 4 unspecified atom stereocenters. The molecule has 14 heavy (non-hydrogen) atoms. The first-order valence-corrected chi connectivity index (χ1v) is 5.69. The molecule has 0 spiro atoms. The average Bonchev–Trinajstić information content (AvgIpc) is 2.18. The van der Waals surface area contributed by atoms with Gasteiger partial charge in [0.15, 0.2) is 0 Å². The molecule has 2 nitrogen and oxygen atoms in total. The largest absolute Gasteiger partial charge is 0.393 e. The lowest BCUT2D eigenvalue weighted by Crippen LogP contribution is -2.43. The molecule has 0 aliphatic heterocycles. The number of hydrogen-bond donors (Lipinski definition) is 1. The third-order valence-corrected chi connectivity index (χ3v) is 4.21. The first kappa shape index (κ1) is 11.7. The van der Waals surface area contributed by atoms with E-state index in [4.69, 9.17) is 0 Å². The van der Waals surface area contributed by atoms with Crippen LogP contribution in [-0.4, -0.2) is 17.5 Å². The van der Waals surface area contributed by atoms with Crippen molar-refractivity contribution in [3.8, 4) is 0 Å². The van der Waals surface area contributed by atoms with Gasteiger partial charge in [-0.05, 0) is 31.6 Å². The smallest absolute Gasteiger partial charge is 0.126 e. The Kier molecular flexibility index (Phi) is 3.71. The van der Waals surface area contributed by atoms with Crippen molar-refractivity contribution in [1.82, 2.24) is 0 Å². The molecule has 1 saturated carbocycles. The molecule has 0 aromatic heterocycles. The van der Waals surface area contributed by atoms with E-state index in [1.54, 1.807) is 6.92 Å². The summed E-state index contributed by atoms with van der Waals surface area (Å²) in [5, 5.41) is 9.63. The summed E-state index contributed by atoms with van der Waals surface area (Å²) in [7, 11) is 0. The van der Waals surface area contributed by atoms with Gasteiger partial charge < -0.3 is 9.90 Å². The van der Waals surface area contributed by atoms with E-state index in [-0.39, 0.29) is 17.4 Å². The van der Waals surface area contributed by atoms with Crippen LogP contribution >= 0.6 is 0 Å². The molecule has 1 N–H and O–H groups in total. The molecule has 1 fully saturated rings. The monoisotopic (exact) mass is 198 g/mol. The maximum atomic E-state index is 11.3. The van der Waals surface area contributed by atoms with Crippen molar-refractivity contribution in [3.63, 3.8) is 0 Å². The molecular weight excluding hydrogens is 176 g/mol. The van der Waals surface area contributed by atoms with Crippen LogP contribution in [0.2, 0.25) is 0 Å². The molecule has 82 valence electrons. The molecular formula is C12H22O2. The minimum atomic E-state index is -0.388. The Morgan fingerprint density at radius 3 is 2.50 bits per heavy atom. The fourth-order valence-electron chi connectivity index (χ4n) is 2.80. The van der Waals surface area contributed by atoms with E-state index in [9.17, 15) is 9.90 Å². The molecule has 0 aromatic carbocycles. The number of carbonyl (C=O) groups is 1. The summed E-state index contributed by atoms with van der Waals surface area (Å²) in [4.78, 5) is 11.3. The number of carbonyl (C=O) groups excluding carboxylic acids is 1. The molecule has 0 heterocycles. The van der Waals surface area contributed by atoms with Crippen molar-refractivity contribution in [2.75, 3.05) is 0 Å². The first-order valence-electron chi connectivity index (χ1n) is 5.69. The summed E-state index contributed by atoms with van der Waals surface area (Å²) in [5.41, 5.74) is -0.271. The van der Waals surface area contributed by atoms with Gasteiger partial charge in [-0.1, -0.05) is 26.7 Å². The molecule has 0 bridgehead atoms. The van der Waals surface area contributed by atoms with Gasteiger partial charge in [0.25, 0.3) is 0 Å². The van der Waals surface area contributed by atoms with Crippen LogP contribution < -0.4 is 0 Å². The third-order valence-electron chi connectivity index (χ3n) is 4.21. The quantitative estimate of drug-likeness (QED) is 0.707. The Bertz CT molecular complexity index is 200. The number of rotatable bonds is 3. The van der Waals surface area contributed by atoms with Crippen LogP contribution in [0.5, 0.6) is 0 Å². The Morgan fingerprint density at radius 2 is 2.07 bits per heavy atom. The highest BCUT2D eigenvalue weighted by molar-refractivity contribution is 5.61. The molecule has 1 rings (SSSR count). The normalized spacial score (nSPS) is 37.6. The molecule has 2 heteroatoms. The van der Waals surface area contributed by atoms with E-state index in [0.717, 1.165) is 25.5 Å². The Hall–Kier alpha value is -0.370. The lowest BCUT2D eigenvalue weighted by Gasteiger charge is -2.44. The molecule has 0 aromatic rings. The van der Waals surface area contributed by atoms with E-state index in [0.29, 0.717) is 5.92 Å². The van der Waals surface area contributed by atoms with Crippen LogP contribution in [0, 0.1) is 17.3 Å². The summed E-state index contributed by atoms with van der Waals surface area (Å²) >= 11 is 0. The van der Waals surface area contributed by atoms with Crippen LogP contribution in [-0.2, 0) is 4.79 Å². The zero-order valence-electron chi connectivity index (χ0n) is 9.49. The highest BCUT2D eigenvalue weighted by atomic mass is 16.3. The van der Waals surface area contributed by atoms with Gasteiger partial charge in [-0.15, -0.1) is 0 Å². The summed E-state index contributed by atoms with van der Waals surface area (Å²) < 4.78 is 0. The van der Waals surface area contributed by atoms with Gasteiger partial charge in [-0.2, -0.15) is 0 Å². The van der Waals surface area contributed by atoms with E-state index in [1.165, 1.54) is 6.42 Å². The molecule has 1 aliphatic carbocycles. The van der Waals surface area contributed by atoms with E-state index < -0.39 is 0 Å². The third kappa shape index (κ3) is 1.85. The van der Waals surface area contributed by atoms with E-state index in [1.807, 2.05) is 6.92 Å². The van der Waals surface area contributed by atoms with Crippen molar-refractivity contribution in [3.05, 3.63) is 0 Å². The number of aliphatic hydroxyl groups excluding tert-OH is 1. The van der Waals surface area contributed by atoms with Crippen LogP contribution in [0.15, 0.2) is 0 Å². The highest BCUT2D eigenvalue weighted by Crippen LogP contribution is 2.46. The van der Waals surface area contributed by atoms with Crippen molar-refractivity contribution in [2.24, 2.45) is 17.3 Å². The predicted octanol–water partition coefficient (Wildman–Crippen LogP) is 2.40. The minimum Gasteiger partial charge on any atom is -0.393 e. The summed E-state index contributed by atoms with van der Waals surface area (Å²) in [6.45, 7) is 5.94. The van der Waals surface area contributed by atoms with Crippen LogP contribution in [0.3, 0.4) is 0 Å². The average molecular weight is 198 g/mol. The second kappa shape index (κ2) is 4.43. The van der Waals surface area contributed by atoms with Crippen molar-refractivity contribution < 1.29 is 9.90 Å². The van der Waals surface area contributed by atoms with Gasteiger partial charge in [0.05, 0.1) is 6.10 Å². The van der Waals surface area contributed by atoms with Crippen molar-refractivity contribution in [1.29, 1.82) is 0 Å². The van der Waals surface area contributed by atoms with E-state index in [2.05, 4.69) is 6.92 Å². The Balaban J connectivity index is 2.87. The molecule has 0 radical (unpaired) electrons. The zero-order valence-corrected chi connectivity index (χ0v) is 9.49. The molecule has 4 atom stereocenters. The van der Waals surface area contributed by atoms with Gasteiger partial charge >= 0.3 is 0 Å². The Labute approximate surface area is 86.7 Å². The lowest BCUT2D eigenvalue weighted by molar-refractivity contribution is -0.128. The summed E-state index contributed by atoms with van der Waals surface area (Å²) in [6.07, 6.45) is 5.14. The SMILES string of the molecule is CC(O)C(C)C1(C=O)CCCCC1C. The second-order valence-corrected chi connectivity index (χ2v) is 4.91. The fourth-order valence-corrected chi connectivity index (χ4v) is 2.80. The van der Waals surface area contributed by atoms with Crippen molar-refractivity contribution in [2.45, 2.75) is 52.6 Å². The predicted molar refractivity (Wildman–Crippen MR) is 57.0 cm³/mol. The van der Waals surface area contributed by atoms with Gasteiger partial charge in [0.2, 0.25) is 0 Å². The molecule has 0 saturated heterocycles. The zero-order chi connectivity index (χ0) is 10.8. The standard InChI is InChI=1S/C12H22O2/c1-9-6-4-5-7-12(9,8-13)10(2)11(3)14/h8-11,14H,4-7H2,1-3H3. The maximum absolute atomic E-state index is 11.3. The maximum Gasteiger partial charge on any atom is 0.126 e.